The molecule has 1 rings (SSSR count). The SMILES string of the molecule is CC(C)(CO)CCCNC(=O)NCCc1cc(F)cc(F)c1. The van der Waals surface area contributed by atoms with Crippen LogP contribution in [0, 0.1) is 17.0 Å². The van der Waals surface area contributed by atoms with Crippen LogP contribution in [-0.4, -0.2) is 30.8 Å². The van der Waals surface area contributed by atoms with Gasteiger partial charge in [0.1, 0.15) is 11.6 Å². The summed E-state index contributed by atoms with van der Waals surface area (Å²) in [6, 6.07) is 3.01. The molecule has 22 heavy (non-hydrogen) atoms. The maximum absolute atomic E-state index is 13.0. The van der Waals surface area contributed by atoms with Crippen LogP contribution in [0.25, 0.3) is 0 Å². The number of nitrogens with one attached hydrogen (secondary N) is 2. The van der Waals surface area contributed by atoms with Gasteiger partial charge in [-0.3, -0.25) is 0 Å². The highest BCUT2D eigenvalue weighted by molar-refractivity contribution is 5.73. The maximum atomic E-state index is 13.0. The number of aliphatic hydroxyl groups is 1. The smallest absolute Gasteiger partial charge is 0.314 e. The monoisotopic (exact) mass is 314 g/mol. The van der Waals surface area contributed by atoms with Crippen molar-refractivity contribution in [3.8, 4) is 0 Å². The Morgan fingerprint density at radius 3 is 2.32 bits per heavy atom. The first-order valence-corrected chi connectivity index (χ1v) is 7.40. The van der Waals surface area contributed by atoms with Gasteiger partial charge in [-0.25, -0.2) is 13.6 Å². The Hall–Kier alpha value is -1.69. The van der Waals surface area contributed by atoms with Crippen LogP contribution >= 0.6 is 0 Å². The topological polar surface area (TPSA) is 61.4 Å². The van der Waals surface area contributed by atoms with Crippen molar-refractivity contribution < 1.29 is 18.7 Å². The van der Waals surface area contributed by atoms with Gasteiger partial charge in [-0.15, -0.1) is 0 Å². The highest BCUT2D eigenvalue weighted by Gasteiger charge is 2.15. The van der Waals surface area contributed by atoms with Gasteiger partial charge in [0.15, 0.2) is 0 Å². The van der Waals surface area contributed by atoms with Crippen LogP contribution in [0.4, 0.5) is 13.6 Å². The van der Waals surface area contributed by atoms with Crippen molar-refractivity contribution in [3.05, 3.63) is 35.4 Å². The lowest BCUT2D eigenvalue weighted by Crippen LogP contribution is -2.37. The van der Waals surface area contributed by atoms with Gasteiger partial charge in [0, 0.05) is 25.8 Å². The number of benzene rings is 1. The molecule has 1 aromatic rings. The average Bonchev–Trinajstić information content (AvgIpc) is 2.43. The van der Waals surface area contributed by atoms with Gasteiger partial charge in [-0.05, 0) is 42.4 Å². The summed E-state index contributed by atoms with van der Waals surface area (Å²) in [5.41, 5.74) is 0.363. The lowest BCUT2D eigenvalue weighted by molar-refractivity contribution is 0.148. The number of aliphatic hydroxyl groups excluding tert-OH is 1. The van der Waals surface area contributed by atoms with Crippen LogP contribution < -0.4 is 10.6 Å². The van der Waals surface area contributed by atoms with Crippen LogP contribution in [0.5, 0.6) is 0 Å². The molecule has 0 aliphatic rings. The molecule has 6 heteroatoms. The molecule has 0 aliphatic heterocycles. The molecule has 124 valence electrons. The molecule has 0 radical (unpaired) electrons. The van der Waals surface area contributed by atoms with Crippen molar-refractivity contribution in [2.24, 2.45) is 5.41 Å². The van der Waals surface area contributed by atoms with Gasteiger partial charge < -0.3 is 15.7 Å². The average molecular weight is 314 g/mol. The zero-order chi connectivity index (χ0) is 16.6. The third-order valence-corrected chi connectivity index (χ3v) is 3.37. The van der Waals surface area contributed by atoms with E-state index in [9.17, 15) is 13.6 Å². The van der Waals surface area contributed by atoms with Gasteiger partial charge >= 0.3 is 6.03 Å². The third kappa shape index (κ3) is 7.36. The van der Waals surface area contributed by atoms with Crippen molar-refractivity contribution in [2.45, 2.75) is 33.1 Å². The number of urea groups is 1. The zero-order valence-corrected chi connectivity index (χ0v) is 13.1. The van der Waals surface area contributed by atoms with Crippen molar-refractivity contribution in [1.29, 1.82) is 0 Å². The quantitative estimate of drug-likeness (QED) is 0.646. The van der Waals surface area contributed by atoms with Crippen molar-refractivity contribution in [2.75, 3.05) is 19.7 Å². The van der Waals surface area contributed by atoms with Crippen molar-refractivity contribution >= 4 is 6.03 Å². The van der Waals surface area contributed by atoms with E-state index in [-0.39, 0.29) is 18.1 Å². The molecule has 0 aromatic heterocycles. The first kappa shape index (κ1) is 18.4. The lowest BCUT2D eigenvalue weighted by Gasteiger charge is -2.21. The normalized spacial score (nSPS) is 11.3. The van der Waals surface area contributed by atoms with E-state index >= 15 is 0 Å². The Kier molecular flexibility index (Phi) is 7.24. The number of hydrogen-bond donors (Lipinski definition) is 3. The number of hydrogen-bond acceptors (Lipinski definition) is 2. The summed E-state index contributed by atoms with van der Waals surface area (Å²) < 4.78 is 26.0. The van der Waals surface area contributed by atoms with E-state index in [1.807, 2.05) is 13.8 Å². The molecule has 0 heterocycles. The summed E-state index contributed by atoms with van der Waals surface area (Å²) >= 11 is 0. The molecule has 0 fully saturated rings. The van der Waals surface area contributed by atoms with E-state index in [1.165, 1.54) is 12.1 Å². The molecular weight excluding hydrogens is 290 g/mol. The molecule has 2 amide bonds. The minimum Gasteiger partial charge on any atom is -0.396 e. The predicted octanol–water partition coefficient (Wildman–Crippen LogP) is 2.61. The summed E-state index contributed by atoms with van der Waals surface area (Å²) in [6.45, 7) is 4.86. The molecule has 0 bridgehead atoms. The summed E-state index contributed by atoms with van der Waals surface area (Å²) in [4.78, 5) is 11.5. The Labute approximate surface area is 129 Å². The molecule has 1 aromatic carbocycles. The molecule has 0 saturated heterocycles. The Bertz CT molecular complexity index is 473. The third-order valence-electron chi connectivity index (χ3n) is 3.37. The second-order valence-corrected chi connectivity index (χ2v) is 6.14. The maximum Gasteiger partial charge on any atom is 0.314 e. The molecule has 0 unspecified atom stereocenters. The predicted molar refractivity (Wildman–Crippen MR) is 81.6 cm³/mol. The van der Waals surface area contributed by atoms with E-state index in [0.717, 1.165) is 18.9 Å². The summed E-state index contributed by atoms with van der Waals surface area (Å²) in [7, 11) is 0. The van der Waals surface area contributed by atoms with Gasteiger partial charge in [0.25, 0.3) is 0 Å². The number of carbonyl (C=O) groups is 1. The Morgan fingerprint density at radius 1 is 1.14 bits per heavy atom. The van der Waals surface area contributed by atoms with Crippen molar-refractivity contribution in [1.82, 2.24) is 10.6 Å². The van der Waals surface area contributed by atoms with E-state index in [4.69, 9.17) is 5.11 Å². The molecule has 4 nitrogen and oxygen atoms in total. The van der Waals surface area contributed by atoms with E-state index in [2.05, 4.69) is 10.6 Å². The molecule has 0 spiro atoms. The number of rotatable bonds is 8. The number of amides is 2. The molecular formula is C16H24F2N2O2. The van der Waals surface area contributed by atoms with Crippen LogP contribution in [0.1, 0.15) is 32.3 Å². The van der Waals surface area contributed by atoms with Gasteiger partial charge in [-0.1, -0.05) is 13.8 Å². The first-order chi connectivity index (χ1) is 10.3. The van der Waals surface area contributed by atoms with E-state index < -0.39 is 11.6 Å². The summed E-state index contributed by atoms with van der Waals surface area (Å²) in [6.07, 6.45) is 1.95. The fourth-order valence-electron chi connectivity index (χ4n) is 1.99. The second-order valence-electron chi connectivity index (χ2n) is 6.14. The van der Waals surface area contributed by atoms with Crippen LogP contribution in [0.3, 0.4) is 0 Å². The van der Waals surface area contributed by atoms with E-state index in [0.29, 0.717) is 25.1 Å². The lowest BCUT2D eigenvalue weighted by atomic mass is 9.89. The van der Waals surface area contributed by atoms with Crippen LogP contribution in [-0.2, 0) is 6.42 Å². The van der Waals surface area contributed by atoms with E-state index in [1.54, 1.807) is 0 Å². The zero-order valence-electron chi connectivity index (χ0n) is 13.1. The van der Waals surface area contributed by atoms with Gasteiger partial charge in [-0.2, -0.15) is 0 Å². The Morgan fingerprint density at radius 2 is 1.73 bits per heavy atom. The molecule has 0 aliphatic carbocycles. The second kappa shape index (κ2) is 8.68. The summed E-state index contributed by atoms with van der Waals surface area (Å²) in [5.74, 6) is -1.24. The van der Waals surface area contributed by atoms with Crippen LogP contribution in [0.15, 0.2) is 18.2 Å². The highest BCUT2D eigenvalue weighted by Crippen LogP contribution is 2.20. The van der Waals surface area contributed by atoms with Gasteiger partial charge in [0.05, 0.1) is 0 Å². The standard InChI is InChI=1S/C16H24F2N2O2/c1-16(2,11-21)5-3-6-19-15(22)20-7-4-12-8-13(17)10-14(18)9-12/h8-10,21H,3-7,11H2,1-2H3,(H2,19,20,22). The molecule has 0 saturated carbocycles. The number of halogens is 2. The molecule has 0 atom stereocenters. The molecule has 3 N–H and O–H groups in total. The minimum absolute atomic E-state index is 0.114. The minimum atomic E-state index is -0.619. The Balaban J connectivity index is 2.18. The fraction of sp³-hybridized carbons (Fsp3) is 0.562. The largest absolute Gasteiger partial charge is 0.396 e. The highest BCUT2D eigenvalue weighted by atomic mass is 19.1. The van der Waals surface area contributed by atoms with Gasteiger partial charge in [0.2, 0.25) is 0 Å². The van der Waals surface area contributed by atoms with Crippen molar-refractivity contribution in [3.63, 3.8) is 0 Å². The van der Waals surface area contributed by atoms with Crippen LogP contribution in [0.2, 0.25) is 0 Å². The first-order valence-electron chi connectivity index (χ1n) is 7.40. The number of carbonyl (C=O) groups excluding carboxylic acids is 1. The summed E-state index contributed by atoms with van der Waals surface area (Å²) in [5, 5.41) is 14.5. The fourth-order valence-corrected chi connectivity index (χ4v) is 1.99.